The van der Waals surface area contributed by atoms with Crippen LogP contribution >= 0.6 is 22.7 Å². The molecule has 5 heterocycles. The standard InChI is InChI=1S/C28H27N5O3S2/c1-18-24(26(34)30-19-7-4-3-5-8-19)25(21-9-6-16-37-21)33-27(35)22(38-28(33)29-18)17-20-10-11-23(36-20)32-14-12-31(2)13-15-32/h3-11,16-17,25H,12-15H2,1-2H3,(H,30,34)/b22-17+. The number of benzene rings is 1. The third-order valence-corrected chi connectivity index (χ3v) is 8.72. The summed E-state index contributed by atoms with van der Waals surface area (Å²) in [6.07, 6.45) is 1.78. The molecule has 1 amide bonds. The highest BCUT2D eigenvalue weighted by Gasteiger charge is 2.33. The number of thiophene rings is 1. The molecule has 3 aromatic heterocycles. The van der Waals surface area contributed by atoms with Gasteiger partial charge in [0.15, 0.2) is 10.7 Å². The maximum atomic E-state index is 13.8. The third-order valence-electron chi connectivity index (χ3n) is 6.81. The van der Waals surface area contributed by atoms with E-state index >= 15 is 0 Å². The van der Waals surface area contributed by atoms with E-state index in [0.29, 0.717) is 32.1 Å². The van der Waals surface area contributed by atoms with Crippen molar-refractivity contribution in [1.82, 2.24) is 9.47 Å². The van der Waals surface area contributed by atoms with Crippen LogP contribution in [0.1, 0.15) is 23.6 Å². The minimum absolute atomic E-state index is 0.192. The van der Waals surface area contributed by atoms with Gasteiger partial charge in [0, 0.05) is 48.9 Å². The Morgan fingerprint density at radius 2 is 1.87 bits per heavy atom. The maximum absolute atomic E-state index is 13.8. The van der Waals surface area contributed by atoms with Gasteiger partial charge in [-0.15, -0.1) is 11.3 Å². The summed E-state index contributed by atoms with van der Waals surface area (Å²) < 4.78 is 8.26. The summed E-state index contributed by atoms with van der Waals surface area (Å²) in [6.45, 7) is 5.60. The number of furan rings is 1. The number of hydrogen-bond acceptors (Lipinski definition) is 8. The number of likely N-dealkylation sites (N-methyl/N-ethyl adjacent to an activating group) is 1. The fourth-order valence-corrected chi connectivity index (χ4v) is 6.64. The molecule has 1 saturated heterocycles. The zero-order chi connectivity index (χ0) is 26.2. The summed E-state index contributed by atoms with van der Waals surface area (Å²) in [5, 5.41) is 4.93. The van der Waals surface area contributed by atoms with Crippen LogP contribution in [-0.4, -0.2) is 48.6 Å². The number of carbonyl (C=O) groups excluding carboxylic acids is 1. The molecule has 1 N–H and O–H groups in total. The summed E-state index contributed by atoms with van der Waals surface area (Å²) in [6, 6.07) is 16.5. The molecule has 194 valence electrons. The van der Waals surface area contributed by atoms with Crippen LogP contribution < -0.4 is 25.1 Å². The van der Waals surface area contributed by atoms with E-state index in [2.05, 4.69) is 22.2 Å². The van der Waals surface area contributed by atoms with Gasteiger partial charge in [-0.1, -0.05) is 35.6 Å². The number of aromatic nitrogens is 1. The first-order valence-electron chi connectivity index (χ1n) is 12.4. The second-order valence-corrected chi connectivity index (χ2v) is 11.4. The molecule has 6 rings (SSSR count). The quantitative estimate of drug-likeness (QED) is 0.416. The molecule has 10 heteroatoms. The van der Waals surface area contributed by atoms with E-state index in [9.17, 15) is 9.59 Å². The lowest BCUT2D eigenvalue weighted by Crippen LogP contribution is -2.44. The molecule has 8 nitrogen and oxygen atoms in total. The molecular weight excluding hydrogens is 518 g/mol. The minimum atomic E-state index is -0.561. The van der Waals surface area contributed by atoms with Crippen molar-refractivity contribution in [3.05, 3.63) is 102 Å². The van der Waals surface area contributed by atoms with Crippen molar-refractivity contribution in [2.45, 2.75) is 13.0 Å². The highest BCUT2D eigenvalue weighted by Crippen LogP contribution is 2.33. The molecule has 2 aliphatic rings. The summed E-state index contributed by atoms with van der Waals surface area (Å²) in [7, 11) is 2.12. The van der Waals surface area contributed by atoms with Crippen LogP contribution in [0.3, 0.4) is 0 Å². The van der Waals surface area contributed by atoms with Crippen LogP contribution in [0, 0.1) is 0 Å². The maximum Gasteiger partial charge on any atom is 0.271 e. The normalized spacial score (nSPS) is 18.4. The Morgan fingerprint density at radius 1 is 1.08 bits per heavy atom. The van der Waals surface area contributed by atoms with E-state index in [1.807, 2.05) is 66.9 Å². The molecule has 2 aliphatic heterocycles. The van der Waals surface area contributed by atoms with Gasteiger partial charge in [-0.2, -0.15) is 0 Å². The number of para-hydroxylation sites is 1. The van der Waals surface area contributed by atoms with E-state index in [4.69, 9.17) is 9.41 Å². The van der Waals surface area contributed by atoms with Gasteiger partial charge in [-0.25, -0.2) is 4.99 Å². The highest BCUT2D eigenvalue weighted by molar-refractivity contribution is 7.10. The van der Waals surface area contributed by atoms with Crippen LogP contribution in [0.2, 0.25) is 0 Å². The van der Waals surface area contributed by atoms with Gasteiger partial charge in [-0.3, -0.25) is 14.2 Å². The Bertz CT molecular complexity index is 1670. The smallest absolute Gasteiger partial charge is 0.271 e. The van der Waals surface area contributed by atoms with Crippen molar-refractivity contribution in [1.29, 1.82) is 0 Å². The molecular formula is C28H27N5O3S2. The van der Waals surface area contributed by atoms with Crippen LogP contribution in [0.25, 0.3) is 6.08 Å². The van der Waals surface area contributed by atoms with Crippen molar-refractivity contribution in [3.8, 4) is 0 Å². The van der Waals surface area contributed by atoms with Gasteiger partial charge in [0.2, 0.25) is 0 Å². The van der Waals surface area contributed by atoms with Gasteiger partial charge < -0.3 is 19.5 Å². The summed E-state index contributed by atoms with van der Waals surface area (Å²) in [4.78, 5) is 38.0. The molecule has 0 saturated carbocycles. The number of nitrogens with zero attached hydrogens (tertiary/aromatic N) is 4. The average Bonchev–Trinajstić information content (AvgIpc) is 3.66. The number of anilines is 2. The first-order valence-corrected chi connectivity index (χ1v) is 14.1. The van der Waals surface area contributed by atoms with Gasteiger partial charge in [0.1, 0.15) is 11.8 Å². The van der Waals surface area contributed by atoms with Gasteiger partial charge >= 0.3 is 0 Å². The lowest BCUT2D eigenvalue weighted by Gasteiger charge is -2.32. The van der Waals surface area contributed by atoms with E-state index in [0.717, 1.165) is 36.9 Å². The highest BCUT2D eigenvalue weighted by atomic mass is 32.1. The number of amides is 1. The minimum Gasteiger partial charge on any atom is -0.441 e. The van der Waals surface area contributed by atoms with E-state index < -0.39 is 6.04 Å². The largest absolute Gasteiger partial charge is 0.441 e. The number of fused-ring (bicyclic) bond motifs is 1. The molecule has 0 radical (unpaired) electrons. The second-order valence-electron chi connectivity index (χ2n) is 9.38. The Kier molecular flexibility index (Phi) is 6.61. The Hall–Kier alpha value is -3.73. The molecule has 0 spiro atoms. The Balaban J connectivity index is 1.38. The molecule has 0 bridgehead atoms. The van der Waals surface area contributed by atoms with Crippen molar-refractivity contribution in [2.75, 3.05) is 43.4 Å². The topological polar surface area (TPSA) is 83.1 Å². The van der Waals surface area contributed by atoms with Crippen LogP contribution in [0.4, 0.5) is 11.6 Å². The van der Waals surface area contributed by atoms with Crippen molar-refractivity contribution >= 4 is 46.2 Å². The summed E-state index contributed by atoms with van der Waals surface area (Å²) >= 11 is 2.83. The average molecular weight is 546 g/mol. The lowest BCUT2D eigenvalue weighted by atomic mass is 10.0. The zero-order valence-corrected chi connectivity index (χ0v) is 22.7. The fraction of sp³-hybridized carbons (Fsp3) is 0.250. The predicted molar refractivity (Wildman–Crippen MR) is 152 cm³/mol. The fourth-order valence-electron chi connectivity index (χ4n) is 4.79. The van der Waals surface area contributed by atoms with E-state index in [1.54, 1.807) is 10.6 Å². The number of rotatable bonds is 5. The number of nitrogens with one attached hydrogen (secondary N) is 1. The zero-order valence-electron chi connectivity index (χ0n) is 21.1. The number of piperazine rings is 1. The second kappa shape index (κ2) is 10.2. The van der Waals surface area contributed by atoms with Gasteiger partial charge in [-0.05, 0) is 43.6 Å². The molecule has 1 unspecified atom stereocenters. The van der Waals surface area contributed by atoms with Gasteiger partial charge in [0.05, 0.1) is 15.8 Å². The van der Waals surface area contributed by atoms with E-state index in [-0.39, 0.29) is 11.5 Å². The number of carbonyl (C=O) groups is 1. The van der Waals surface area contributed by atoms with Gasteiger partial charge in [0.25, 0.3) is 11.5 Å². The number of allylic oxidation sites excluding steroid dienone is 1. The molecule has 1 atom stereocenters. The Morgan fingerprint density at radius 3 is 2.61 bits per heavy atom. The SMILES string of the molecule is CC1=C(C(=O)Nc2ccccc2)C(c2cccs2)n2c(s/c(=C/c3ccc(N4CCN(C)CC4)o3)c2=O)=N1. The molecule has 0 aliphatic carbocycles. The number of hydrogen-bond donors (Lipinski definition) is 1. The first-order chi connectivity index (χ1) is 18.5. The lowest BCUT2D eigenvalue weighted by molar-refractivity contribution is -0.113. The molecule has 38 heavy (non-hydrogen) atoms. The van der Waals surface area contributed by atoms with Crippen molar-refractivity contribution in [3.63, 3.8) is 0 Å². The monoisotopic (exact) mass is 545 g/mol. The number of thiazole rings is 1. The van der Waals surface area contributed by atoms with Crippen molar-refractivity contribution < 1.29 is 9.21 Å². The van der Waals surface area contributed by atoms with Crippen LogP contribution in [0.5, 0.6) is 0 Å². The predicted octanol–water partition coefficient (Wildman–Crippen LogP) is 3.28. The third kappa shape index (κ3) is 4.66. The molecule has 1 aromatic carbocycles. The van der Waals surface area contributed by atoms with Crippen molar-refractivity contribution in [2.24, 2.45) is 4.99 Å². The van der Waals surface area contributed by atoms with E-state index in [1.165, 1.54) is 22.7 Å². The summed E-state index contributed by atoms with van der Waals surface area (Å²) in [5.41, 5.74) is 1.56. The molecule has 1 fully saturated rings. The summed E-state index contributed by atoms with van der Waals surface area (Å²) in [5.74, 6) is 1.16. The van der Waals surface area contributed by atoms with Crippen LogP contribution in [0.15, 0.2) is 85.5 Å². The first kappa shape index (κ1) is 24.6. The Labute approximate surface area is 227 Å². The van der Waals surface area contributed by atoms with Crippen LogP contribution in [-0.2, 0) is 4.79 Å². The molecule has 4 aromatic rings.